The number of carbonyl (C=O) groups excluding carboxylic acids is 2. The molecule has 142 valence electrons. The average Bonchev–Trinajstić information content (AvgIpc) is 3.03. The van der Waals surface area contributed by atoms with Crippen LogP contribution in [-0.2, 0) is 16.1 Å². The Balaban J connectivity index is 1.68. The summed E-state index contributed by atoms with van der Waals surface area (Å²) in [5, 5.41) is 2.22. The normalized spacial score (nSPS) is 16.5. The number of benzene rings is 2. The van der Waals surface area contributed by atoms with Gasteiger partial charge in [0.15, 0.2) is 17.5 Å². The third-order valence-corrected chi connectivity index (χ3v) is 4.43. The molecule has 0 aromatic heterocycles. The second-order valence-corrected chi connectivity index (χ2v) is 6.20. The Morgan fingerprint density at radius 2 is 1.93 bits per heavy atom. The summed E-state index contributed by atoms with van der Waals surface area (Å²) in [4.78, 5) is 26.1. The molecule has 1 heterocycles. The van der Waals surface area contributed by atoms with Gasteiger partial charge in [0.25, 0.3) is 0 Å². The third kappa shape index (κ3) is 3.89. The lowest BCUT2D eigenvalue weighted by molar-refractivity contribution is -0.128. The SMILES string of the molecule is COc1ccccc1CN1CC(C(=O)Nc2ccc(F)c(F)c2F)CC1=O. The van der Waals surface area contributed by atoms with Gasteiger partial charge in [-0.2, -0.15) is 0 Å². The van der Waals surface area contributed by atoms with E-state index in [1.54, 1.807) is 12.1 Å². The van der Waals surface area contributed by atoms with Crippen molar-refractivity contribution in [2.75, 3.05) is 19.0 Å². The smallest absolute Gasteiger partial charge is 0.229 e. The molecular formula is C19H17F3N2O3. The van der Waals surface area contributed by atoms with Crippen LogP contribution in [0.4, 0.5) is 18.9 Å². The number of halogens is 3. The van der Waals surface area contributed by atoms with E-state index in [0.29, 0.717) is 5.75 Å². The molecule has 1 aliphatic rings. The molecule has 1 aliphatic heterocycles. The molecule has 2 amide bonds. The van der Waals surface area contributed by atoms with Crippen molar-refractivity contribution in [1.29, 1.82) is 0 Å². The molecule has 2 aromatic carbocycles. The molecule has 0 radical (unpaired) electrons. The van der Waals surface area contributed by atoms with E-state index in [9.17, 15) is 22.8 Å². The van der Waals surface area contributed by atoms with Crippen molar-refractivity contribution in [1.82, 2.24) is 4.90 Å². The van der Waals surface area contributed by atoms with Crippen molar-refractivity contribution in [3.8, 4) is 5.75 Å². The van der Waals surface area contributed by atoms with Crippen LogP contribution < -0.4 is 10.1 Å². The summed E-state index contributed by atoms with van der Waals surface area (Å²) in [6, 6.07) is 8.87. The molecule has 1 saturated heterocycles. The number of nitrogens with zero attached hydrogens (tertiary/aromatic N) is 1. The Labute approximate surface area is 153 Å². The summed E-state index contributed by atoms with van der Waals surface area (Å²) >= 11 is 0. The van der Waals surface area contributed by atoms with Crippen LogP contribution in [0.3, 0.4) is 0 Å². The number of methoxy groups -OCH3 is 1. The van der Waals surface area contributed by atoms with Gasteiger partial charge in [0.2, 0.25) is 11.8 Å². The summed E-state index contributed by atoms with van der Waals surface area (Å²) in [6.45, 7) is 0.403. The van der Waals surface area contributed by atoms with Crippen molar-refractivity contribution in [3.05, 3.63) is 59.4 Å². The summed E-state index contributed by atoms with van der Waals surface area (Å²) in [5.41, 5.74) is 0.329. The van der Waals surface area contributed by atoms with Crippen molar-refractivity contribution in [2.24, 2.45) is 5.92 Å². The minimum atomic E-state index is -1.66. The Bertz CT molecular complexity index is 888. The number of hydrogen-bond acceptors (Lipinski definition) is 3. The fourth-order valence-electron chi connectivity index (χ4n) is 3.00. The van der Waals surface area contributed by atoms with E-state index in [1.807, 2.05) is 12.1 Å². The van der Waals surface area contributed by atoms with Gasteiger partial charge in [0.05, 0.1) is 18.7 Å². The number of carbonyl (C=O) groups is 2. The molecule has 5 nitrogen and oxygen atoms in total. The first-order valence-corrected chi connectivity index (χ1v) is 8.24. The number of ether oxygens (including phenoxy) is 1. The van der Waals surface area contributed by atoms with Gasteiger partial charge in [-0.3, -0.25) is 9.59 Å². The molecule has 0 spiro atoms. The van der Waals surface area contributed by atoms with Crippen LogP contribution in [0.2, 0.25) is 0 Å². The van der Waals surface area contributed by atoms with E-state index in [0.717, 1.165) is 17.7 Å². The lowest BCUT2D eigenvalue weighted by atomic mass is 10.1. The molecule has 27 heavy (non-hydrogen) atoms. The molecule has 1 N–H and O–H groups in total. The Kier molecular flexibility index (Phi) is 5.34. The van der Waals surface area contributed by atoms with Crippen LogP contribution in [0.25, 0.3) is 0 Å². The quantitative estimate of drug-likeness (QED) is 0.814. The maximum absolute atomic E-state index is 13.7. The summed E-state index contributed by atoms with van der Waals surface area (Å²) in [5.74, 6) is -5.43. The first-order chi connectivity index (χ1) is 12.9. The zero-order valence-corrected chi connectivity index (χ0v) is 14.5. The average molecular weight is 378 g/mol. The monoisotopic (exact) mass is 378 g/mol. The van der Waals surface area contributed by atoms with Gasteiger partial charge in [-0.25, -0.2) is 13.2 Å². The summed E-state index contributed by atoms with van der Waals surface area (Å²) in [7, 11) is 1.53. The number of hydrogen-bond donors (Lipinski definition) is 1. The molecule has 0 saturated carbocycles. The maximum atomic E-state index is 13.7. The molecule has 3 rings (SSSR count). The number of amides is 2. The third-order valence-electron chi connectivity index (χ3n) is 4.43. The maximum Gasteiger partial charge on any atom is 0.229 e. The van der Waals surface area contributed by atoms with E-state index in [1.165, 1.54) is 12.0 Å². The highest BCUT2D eigenvalue weighted by Gasteiger charge is 2.35. The minimum Gasteiger partial charge on any atom is -0.496 e. The van der Waals surface area contributed by atoms with Gasteiger partial charge in [-0.05, 0) is 18.2 Å². The van der Waals surface area contributed by atoms with Crippen molar-refractivity contribution in [2.45, 2.75) is 13.0 Å². The molecule has 1 atom stereocenters. The molecule has 1 fully saturated rings. The zero-order chi connectivity index (χ0) is 19.6. The second-order valence-electron chi connectivity index (χ2n) is 6.20. The van der Waals surface area contributed by atoms with Crippen molar-refractivity contribution >= 4 is 17.5 Å². The lowest BCUT2D eigenvalue weighted by Crippen LogP contribution is -2.28. The first-order valence-electron chi connectivity index (χ1n) is 8.24. The highest BCUT2D eigenvalue weighted by molar-refractivity contribution is 5.97. The number of para-hydroxylation sites is 1. The lowest BCUT2D eigenvalue weighted by Gasteiger charge is -2.18. The van der Waals surface area contributed by atoms with Crippen LogP contribution in [0, 0.1) is 23.4 Å². The molecule has 0 bridgehead atoms. The number of likely N-dealkylation sites (tertiary alicyclic amines) is 1. The predicted molar refractivity (Wildman–Crippen MR) is 91.5 cm³/mol. The Hall–Kier alpha value is -3.03. The highest BCUT2D eigenvalue weighted by atomic mass is 19.2. The van der Waals surface area contributed by atoms with Crippen LogP contribution in [0.15, 0.2) is 36.4 Å². The topological polar surface area (TPSA) is 58.6 Å². The Morgan fingerprint density at radius 1 is 1.19 bits per heavy atom. The van der Waals surface area contributed by atoms with Gasteiger partial charge in [0, 0.05) is 25.1 Å². The number of anilines is 1. The van der Waals surface area contributed by atoms with Gasteiger partial charge >= 0.3 is 0 Å². The van der Waals surface area contributed by atoms with Crippen LogP contribution in [-0.4, -0.2) is 30.4 Å². The zero-order valence-electron chi connectivity index (χ0n) is 14.5. The standard InChI is InChI=1S/C19H17F3N2O3/c1-27-15-5-3-2-4-11(15)9-24-10-12(8-16(24)25)19(26)23-14-7-6-13(20)17(21)18(14)22/h2-7,12H,8-10H2,1H3,(H,23,26). The van der Waals surface area contributed by atoms with E-state index in [2.05, 4.69) is 5.32 Å². The molecular weight excluding hydrogens is 361 g/mol. The molecule has 1 unspecified atom stereocenters. The van der Waals surface area contributed by atoms with E-state index < -0.39 is 35.0 Å². The number of nitrogens with one attached hydrogen (secondary N) is 1. The summed E-state index contributed by atoms with van der Waals surface area (Å²) in [6.07, 6.45) is -0.0493. The van der Waals surface area contributed by atoms with Gasteiger partial charge < -0.3 is 15.0 Å². The largest absolute Gasteiger partial charge is 0.496 e. The van der Waals surface area contributed by atoms with Gasteiger partial charge in [-0.15, -0.1) is 0 Å². The second kappa shape index (κ2) is 7.69. The predicted octanol–water partition coefficient (Wildman–Crippen LogP) is 3.10. The van der Waals surface area contributed by atoms with Crippen molar-refractivity contribution < 1.29 is 27.5 Å². The fourth-order valence-corrected chi connectivity index (χ4v) is 3.00. The molecule has 8 heteroatoms. The van der Waals surface area contributed by atoms with Gasteiger partial charge in [0.1, 0.15) is 5.75 Å². The highest BCUT2D eigenvalue weighted by Crippen LogP contribution is 2.26. The Morgan fingerprint density at radius 3 is 2.67 bits per heavy atom. The first kappa shape index (κ1) is 18.8. The van der Waals surface area contributed by atoms with E-state index >= 15 is 0 Å². The van der Waals surface area contributed by atoms with Crippen LogP contribution >= 0.6 is 0 Å². The van der Waals surface area contributed by atoms with E-state index in [-0.39, 0.29) is 25.4 Å². The van der Waals surface area contributed by atoms with Crippen LogP contribution in [0.5, 0.6) is 5.75 Å². The minimum absolute atomic E-state index is 0.0493. The van der Waals surface area contributed by atoms with Gasteiger partial charge in [-0.1, -0.05) is 18.2 Å². The van der Waals surface area contributed by atoms with Crippen molar-refractivity contribution in [3.63, 3.8) is 0 Å². The van der Waals surface area contributed by atoms with E-state index in [4.69, 9.17) is 4.74 Å². The number of rotatable bonds is 5. The fraction of sp³-hybridized carbons (Fsp3) is 0.263. The molecule has 2 aromatic rings. The van der Waals surface area contributed by atoms with Crippen LogP contribution in [0.1, 0.15) is 12.0 Å². The molecule has 0 aliphatic carbocycles. The summed E-state index contributed by atoms with van der Waals surface area (Å²) < 4.78 is 45.2.